The molecule has 0 bridgehead atoms. The second-order valence-corrected chi connectivity index (χ2v) is 4.61. The van der Waals surface area contributed by atoms with Gasteiger partial charge in [0.05, 0.1) is 24.3 Å². The Bertz CT molecular complexity index is 430. The molecule has 0 spiro atoms. The molecule has 0 aromatic heterocycles. The van der Waals surface area contributed by atoms with E-state index >= 15 is 0 Å². The second kappa shape index (κ2) is 3.89. The highest BCUT2D eigenvalue weighted by Crippen LogP contribution is 2.50. The average Bonchev–Trinajstić information content (AvgIpc) is 3.01. The molecule has 1 fully saturated rings. The van der Waals surface area contributed by atoms with Crippen LogP contribution in [0.4, 0.5) is 4.39 Å². The minimum Gasteiger partial charge on any atom is -0.493 e. The number of halogens is 2. The number of hydrogen-bond acceptors (Lipinski definition) is 3. The Kier molecular flexibility index (Phi) is 2.84. The second-order valence-electron chi connectivity index (χ2n) is 3.82. The summed E-state index contributed by atoms with van der Waals surface area (Å²) in [6, 6.07) is 1.49. The first-order valence-corrected chi connectivity index (χ1v) is 5.65. The van der Waals surface area contributed by atoms with Gasteiger partial charge in [-0.05, 0) is 34.8 Å². The van der Waals surface area contributed by atoms with Gasteiger partial charge in [-0.25, -0.2) is 4.39 Å². The lowest BCUT2D eigenvalue weighted by Gasteiger charge is -2.16. The fourth-order valence-electron chi connectivity index (χ4n) is 1.65. The first-order valence-electron chi connectivity index (χ1n) is 4.86. The van der Waals surface area contributed by atoms with Crippen LogP contribution < -0.4 is 9.47 Å². The Labute approximate surface area is 101 Å². The Hall–Kier alpha value is -0.810. The molecule has 1 aliphatic rings. The topological polar surface area (TPSA) is 38.7 Å². The predicted molar refractivity (Wildman–Crippen MR) is 60.3 cm³/mol. The zero-order valence-electron chi connectivity index (χ0n) is 9.01. The summed E-state index contributed by atoms with van der Waals surface area (Å²) < 4.78 is 24.3. The van der Waals surface area contributed by atoms with Crippen molar-refractivity contribution in [3.63, 3.8) is 0 Å². The Morgan fingerprint density at radius 1 is 1.38 bits per heavy atom. The van der Waals surface area contributed by atoms with E-state index in [2.05, 4.69) is 15.9 Å². The molecule has 5 heteroatoms. The quantitative estimate of drug-likeness (QED) is 0.930. The maximum atomic E-state index is 14.0. The van der Waals surface area contributed by atoms with Crippen LogP contribution in [0.25, 0.3) is 0 Å². The predicted octanol–water partition coefficient (Wildman–Crippen LogP) is 2.59. The van der Waals surface area contributed by atoms with Gasteiger partial charge in [-0.3, -0.25) is 0 Å². The van der Waals surface area contributed by atoms with Crippen LogP contribution in [0.15, 0.2) is 10.5 Å². The Morgan fingerprint density at radius 3 is 2.44 bits per heavy atom. The summed E-state index contributed by atoms with van der Waals surface area (Å²) in [7, 11) is 2.91. The van der Waals surface area contributed by atoms with E-state index in [9.17, 15) is 9.50 Å². The van der Waals surface area contributed by atoms with Gasteiger partial charge in [0.25, 0.3) is 0 Å². The fourth-order valence-corrected chi connectivity index (χ4v) is 2.23. The molecule has 1 saturated carbocycles. The van der Waals surface area contributed by atoms with Gasteiger partial charge < -0.3 is 14.6 Å². The lowest BCUT2D eigenvalue weighted by Crippen LogP contribution is -2.09. The lowest BCUT2D eigenvalue weighted by atomic mass is 10.1. The van der Waals surface area contributed by atoms with Crippen molar-refractivity contribution < 1.29 is 19.0 Å². The third-order valence-electron chi connectivity index (χ3n) is 2.78. The molecule has 1 aromatic rings. The first kappa shape index (κ1) is 11.7. The molecule has 88 valence electrons. The van der Waals surface area contributed by atoms with Crippen LogP contribution in [0, 0.1) is 5.82 Å². The number of aliphatic hydroxyl groups is 1. The van der Waals surface area contributed by atoms with Crippen molar-refractivity contribution in [2.24, 2.45) is 0 Å². The molecule has 0 amide bonds. The summed E-state index contributed by atoms with van der Waals surface area (Å²) in [5.41, 5.74) is -0.774. The largest absolute Gasteiger partial charge is 0.493 e. The first-order chi connectivity index (χ1) is 7.53. The number of rotatable bonds is 3. The van der Waals surface area contributed by atoms with Gasteiger partial charge in [0.2, 0.25) is 0 Å². The van der Waals surface area contributed by atoms with Crippen LogP contribution in [-0.2, 0) is 5.60 Å². The molecule has 1 N–H and O–H groups in total. The van der Waals surface area contributed by atoms with E-state index in [1.807, 2.05) is 0 Å². The van der Waals surface area contributed by atoms with Crippen molar-refractivity contribution in [1.82, 2.24) is 0 Å². The average molecular weight is 291 g/mol. The number of ether oxygens (including phenoxy) is 2. The fraction of sp³-hybridized carbons (Fsp3) is 0.455. The molecule has 0 heterocycles. The maximum absolute atomic E-state index is 14.0. The molecule has 1 aromatic carbocycles. The molecule has 0 unspecified atom stereocenters. The van der Waals surface area contributed by atoms with Gasteiger partial charge in [0.1, 0.15) is 5.82 Å². The molecule has 2 rings (SSSR count). The van der Waals surface area contributed by atoms with E-state index in [-0.39, 0.29) is 10.0 Å². The highest BCUT2D eigenvalue weighted by Gasteiger charge is 2.45. The van der Waals surface area contributed by atoms with Crippen LogP contribution >= 0.6 is 15.9 Å². The van der Waals surface area contributed by atoms with Crippen LogP contribution in [0.2, 0.25) is 0 Å². The Balaban J connectivity index is 2.60. The van der Waals surface area contributed by atoms with Crippen LogP contribution in [0.5, 0.6) is 11.5 Å². The molecular weight excluding hydrogens is 279 g/mol. The standard InChI is InChI=1S/C11H12BrFO3/c1-15-7-5-6(11(14)3-4-11)9(13)8(12)10(7)16-2/h5,14H,3-4H2,1-2H3. The van der Waals surface area contributed by atoms with Crippen molar-refractivity contribution in [2.75, 3.05) is 14.2 Å². The van der Waals surface area contributed by atoms with Gasteiger partial charge in [-0.1, -0.05) is 0 Å². The van der Waals surface area contributed by atoms with Crippen LogP contribution in [-0.4, -0.2) is 19.3 Å². The molecule has 0 saturated heterocycles. The normalized spacial score (nSPS) is 17.1. The van der Waals surface area contributed by atoms with E-state index in [0.29, 0.717) is 24.3 Å². The summed E-state index contributed by atoms with van der Waals surface area (Å²) in [5, 5.41) is 9.93. The van der Waals surface area contributed by atoms with Gasteiger partial charge in [0.15, 0.2) is 11.5 Å². The summed E-state index contributed by atoms with van der Waals surface area (Å²) in [5.74, 6) is 0.219. The van der Waals surface area contributed by atoms with Crippen LogP contribution in [0.1, 0.15) is 18.4 Å². The summed E-state index contributed by atoms with van der Waals surface area (Å²) >= 11 is 3.11. The molecule has 0 aliphatic heterocycles. The van der Waals surface area contributed by atoms with Gasteiger partial charge in [-0.15, -0.1) is 0 Å². The van der Waals surface area contributed by atoms with Crippen LogP contribution in [0.3, 0.4) is 0 Å². The SMILES string of the molecule is COc1cc(C2(O)CC2)c(F)c(Br)c1OC. The molecule has 0 radical (unpaired) electrons. The third kappa shape index (κ3) is 1.68. The van der Waals surface area contributed by atoms with E-state index in [1.165, 1.54) is 20.3 Å². The van der Waals surface area contributed by atoms with Crippen molar-refractivity contribution in [1.29, 1.82) is 0 Å². The number of methoxy groups -OCH3 is 2. The molecular formula is C11H12BrFO3. The van der Waals surface area contributed by atoms with E-state index in [4.69, 9.17) is 9.47 Å². The van der Waals surface area contributed by atoms with Gasteiger partial charge in [-0.2, -0.15) is 0 Å². The molecule has 16 heavy (non-hydrogen) atoms. The Morgan fingerprint density at radius 2 is 2.00 bits per heavy atom. The third-order valence-corrected chi connectivity index (χ3v) is 3.48. The minimum atomic E-state index is -1.04. The summed E-state index contributed by atoms with van der Waals surface area (Å²) in [6.45, 7) is 0. The maximum Gasteiger partial charge on any atom is 0.177 e. The van der Waals surface area contributed by atoms with E-state index in [0.717, 1.165) is 0 Å². The smallest absolute Gasteiger partial charge is 0.177 e. The zero-order chi connectivity index (χ0) is 11.9. The lowest BCUT2D eigenvalue weighted by molar-refractivity contribution is 0.146. The highest BCUT2D eigenvalue weighted by atomic mass is 79.9. The molecule has 3 nitrogen and oxygen atoms in total. The van der Waals surface area contributed by atoms with Crippen molar-refractivity contribution >= 4 is 15.9 Å². The van der Waals surface area contributed by atoms with Gasteiger partial charge >= 0.3 is 0 Å². The van der Waals surface area contributed by atoms with Crippen molar-refractivity contribution in [3.8, 4) is 11.5 Å². The van der Waals surface area contributed by atoms with Crippen molar-refractivity contribution in [2.45, 2.75) is 18.4 Å². The zero-order valence-corrected chi connectivity index (χ0v) is 10.6. The minimum absolute atomic E-state index is 0.185. The van der Waals surface area contributed by atoms with Gasteiger partial charge in [0, 0.05) is 5.56 Å². The highest BCUT2D eigenvalue weighted by molar-refractivity contribution is 9.10. The van der Waals surface area contributed by atoms with E-state index < -0.39 is 11.4 Å². The van der Waals surface area contributed by atoms with E-state index in [1.54, 1.807) is 0 Å². The molecule has 1 aliphatic carbocycles. The summed E-state index contributed by atoms with van der Waals surface area (Å²) in [4.78, 5) is 0. The monoisotopic (exact) mass is 290 g/mol. The molecule has 0 atom stereocenters. The summed E-state index contributed by atoms with van der Waals surface area (Å²) in [6.07, 6.45) is 1.15. The number of hydrogen-bond donors (Lipinski definition) is 1. The van der Waals surface area contributed by atoms with Crippen molar-refractivity contribution in [3.05, 3.63) is 21.9 Å². The number of benzene rings is 1.